The van der Waals surface area contributed by atoms with Crippen molar-refractivity contribution < 1.29 is 0 Å². The Bertz CT molecular complexity index is 531. The molecule has 0 saturated carbocycles. The van der Waals surface area contributed by atoms with Gasteiger partial charge in [0.1, 0.15) is 0 Å². The van der Waals surface area contributed by atoms with Crippen molar-refractivity contribution in [1.29, 1.82) is 0 Å². The zero-order valence-electron chi connectivity index (χ0n) is 10.3. The lowest BCUT2D eigenvalue weighted by molar-refractivity contribution is 0.432. The van der Waals surface area contributed by atoms with E-state index in [2.05, 4.69) is 51.2 Å². The summed E-state index contributed by atoms with van der Waals surface area (Å²) in [6, 6.07) is 4.92. The third-order valence-corrected chi connectivity index (χ3v) is 6.69. The number of rotatable bonds is 3. The first-order valence-corrected chi connectivity index (χ1v) is 8.83. The average molecular weight is 342 g/mol. The number of nitrogens with one attached hydrogen (secondary N) is 1. The summed E-state index contributed by atoms with van der Waals surface area (Å²) in [5, 5.41) is 7.95. The SMILES string of the molecule is CNC(c1sccc1Br)C1CCCc2sccc21. The molecular weight excluding hydrogens is 326 g/mol. The van der Waals surface area contributed by atoms with E-state index in [0.717, 1.165) is 0 Å². The number of hydrogen-bond donors (Lipinski definition) is 1. The maximum Gasteiger partial charge on any atom is 0.0493 e. The van der Waals surface area contributed by atoms with Crippen LogP contribution >= 0.6 is 38.6 Å². The molecule has 0 saturated heterocycles. The van der Waals surface area contributed by atoms with Crippen LogP contribution in [0.3, 0.4) is 0 Å². The van der Waals surface area contributed by atoms with Crippen LogP contribution in [0.5, 0.6) is 0 Å². The van der Waals surface area contributed by atoms with E-state index < -0.39 is 0 Å². The van der Waals surface area contributed by atoms with Gasteiger partial charge in [0.2, 0.25) is 0 Å². The Hall–Kier alpha value is -0.160. The monoisotopic (exact) mass is 341 g/mol. The fourth-order valence-electron chi connectivity index (χ4n) is 2.91. The van der Waals surface area contributed by atoms with E-state index >= 15 is 0 Å². The van der Waals surface area contributed by atoms with Crippen molar-refractivity contribution in [3.63, 3.8) is 0 Å². The van der Waals surface area contributed by atoms with Crippen molar-refractivity contribution in [2.75, 3.05) is 7.05 Å². The molecule has 2 unspecified atom stereocenters. The van der Waals surface area contributed by atoms with Gasteiger partial charge in [0.15, 0.2) is 0 Å². The Morgan fingerprint density at radius 3 is 2.89 bits per heavy atom. The molecule has 0 aromatic carbocycles. The molecule has 1 nitrogen and oxygen atoms in total. The minimum absolute atomic E-state index is 0.438. The van der Waals surface area contributed by atoms with Crippen molar-refractivity contribution in [3.05, 3.63) is 42.7 Å². The summed E-state index contributed by atoms with van der Waals surface area (Å²) in [6.07, 6.45) is 3.88. The van der Waals surface area contributed by atoms with Crippen LogP contribution in [0.25, 0.3) is 0 Å². The lowest BCUT2D eigenvalue weighted by atomic mass is 9.82. The van der Waals surface area contributed by atoms with E-state index in [1.807, 2.05) is 22.7 Å². The van der Waals surface area contributed by atoms with E-state index in [1.165, 1.54) is 28.6 Å². The van der Waals surface area contributed by atoms with Crippen LogP contribution in [0.1, 0.15) is 40.1 Å². The van der Waals surface area contributed by atoms with Gasteiger partial charge in [-0.15, -0.1) is 22.7 Å². The van der Waals surface area contributed by atoms with Gasteiger partial charge in [-0.2, -0.15) is 0 Å². The molecule has 2 aromatic heterocycles. The molecule has 1 aliphatic carbocycles. The van der Waals surface area contributed by atoms with Gasteiger partial charge in [-0.1, -0.05) is 0 Å². The van der Waals surface area contributed by atoms with Crippen molar-refractivity contribution >= 4 is 38.6 Å². The highest BCUT2D eigenvalue weighted by molar-refractivity contribution is 9.10. The smallest absolute Gasteiger partial charge is 0.0493 e. The third kappa shape index (κ3) is 2.20. The predicted molar refractivity (Wildman–Crippen MR) is 83.8 cm³/mol. The molecule has 2 aromatic rings. The lowest BCUT2D eigenvalue weighted by Crippen LogP contribution is -2.25. The molecule has 0 aliphatic heterocycles. The summed E-state index contributed by atoms with van der Waals surface area (Å²) < 4.78 is 1.24. The molecule has 18 heavy (non-hydrogen) atoms. The molecule has 2 atom stereocenters. The van der Waals surface area contributed by atoms with Crippen molar-refractivity contribution in [3.8, 4) is 0 Å². The number of aryl methyl sites for hydroxylation is 1. The van der Waals surface area contributed by atoms with Crippen LogP contribution in [0, 0.1) is 0 Å². The van der Waals surface area contributed by atoms with Gasteiger partial charge in [-0.25, -0.2) is 0 Å². The first-order chi connectivity index (χ1) is 8.81. The van der Waals surface area contributed by atoms with Crippen LogP contribution in [0.4, 0.5) is 0 Å². The topological polar surface area (TPSA) is 12.0 Å². The quantitative estimate of drug-likeness (QED) is 0.832. The number of fused-ring (bicyclic) bond motifs is 1. The van der Waals surface area contributed by atoms with Crippen molar-refractivity contribution in [1.82, 2.24) is 5.32 Å². The van der Waals surface area contributed by atoms with Gasteiger partial charge in [0, 0.05) is 26.2 Å². The molecule has 4 heteroatoms. The Labute approximate surface area is 124 Å². The molecule has 96 valence electrons. The maximum absolute atomic E-state index is 3.68. The van der Waals surface area contributed by atoms with Crippen LogP contribution in [-0.2, 0) is 6.42 Å². The van der Waals surface area contributed by atoms with Gasteiger partial charge in [-0.3, -0.25) is 0 Å². The summed E-state index contributed by atoms with van der Waals surface area (Å²) in [4.78, 5) is 3.03. The Kier molecular flexibility index (Phi) is 3.89. The summed E-state index contributed by atoms with van der Waals surface area (Å²) in [5.74, 6) is 0.625. The van der Waals surface area contributed by atoms with E-state index in [-0.39, 0.29) is 0 Å². The third-order valence-electron chi connectivity index (χ3n) is 3.74. The molecule has 2 heterocycles. The Balaban J connectivity index is 1.97. The zero-order valence-corrected chi connectivity index (χ0v) is 13.5. The molecule has 0 amide bonds. The van der Waals surface area contributed by atoms with Crippen molar-refractivity contribution in [2.45, 2.75) is 31.2 Å². The maximum atomic E-state index is 3.68. The highest BCUT2D eigenvalue weighted by Gasteiger charge is 2.30. The van der Waals surface area contributed by atoms with Crippen molar-refractivity contribution in [2.24, 2.45) is 0 Å². The Morgan fingerprint density at radius 1 is 1.33 bits per heavy atom. The largest absolute Gasteiger partial charge is 0.312 e. The predicted octanol–water partition coefficient (Wildman–Crippen LogP) is 4.95. The zero-order chi connectivity index (χ0) is 12.5. The average Bonchev–Trinajstić information content (AvgIpc) is 3.00. The highest BCUT2D eigenvalue weighted by atomic mass is 79.9. The fraction of sp³-hybridized carbons (Fsp3) is 0.429. The van der Waals surface area contributed by atoms with E-state index in [4.69, 9.17) is 0 Å². The first-order valence-electron chi connectivity index (χ1n) is 6.27. The van der Waals surface area contributed by atoms with Crippen LogP contribution < -0.4 is 5.32 Å². The molecule has 0 spiro atoms. The Morgan fingerprint density at radius 2 is 2.17 bits per heavy atom. The van der Waals surface area contributed by atoms with E-state index in [1.54, 1.807) is 10.4 Å². The first kappa shape index (κ1) is 12.9. The van der Waals surface area contributed by atoms with Gasteiger partial charge in [0.05, 0.1) is 0 Å². The van der Waals surface area contributed by atoms with Gasteiger partial charge in [0.25, 0.3) is 0 Å². The standard InChI is InChI=1S/C14H16BrNS2/c1-16-13(14-11(15)6-8-18-14)10-3-2-4-12-9(10)5-7-17-12/h5-8,10,13,16H,2-4H2,1H3. The summed E-state index contributed by atoms with van der Waals surface area (Å²) >= 11 is 7.45. The van der Waals surface area contributed by atoms with Crippen LogP contribution in [-0.4, -0.2) is 7.05 Å². The summed E-state index contributed by atoms with van der Waals surface area (Å²) in [7, 11) is 2.08. The molecule has 0 bridgehead atoms. The van der Waals surface area contributed by atoms with Crippen LogP contribution in [0.15, 0.2) is 27.4 Å². The fourth-order valence-corrected chi connectivity index (χ4v) is 5.70. The number of thiophene rings is 2. The number of hydrogen-bond acceptors (Lipinski definition) is 3. The van der Waals surface area contributed by atoms with Gasteiger partial charge in [-0.05, 0) is 70.7 Å². The molecule has 0 radical (unpaired) electrons. The number of likely N-dealkylation sites (N-methyl/N-ethyl adjacent to an activating group) is 1. The lowest BCUT2D eigenvalue weighted by Gasteiger charge is -2.30. The number of halogens is 1. The molecule has 0 fully saturated rings. The molecular formula is C14H16BrNS2. The normalized spacial score (nSPS) is 20.7. The second-order valence-corrected chi connectivity index (χ2v) is 7.50. The highest BCUT2D eigenvalue weighted by Crippen LogP contribution is 2.44. The minimum Gasteiger partial charge on any atom is -0.312 e. The molecule has 3 rings (SSSR count). The second kappa shape index (κ2) is 5.45. The van der Waals surface area contributed by atoms with Gasteiger partial charge >= 0.3 is 0 Å². The summed E-state index contributed by atoms with van der Waals surface area (Å²) in [5.41, 5.74) is 1.57. The minimum atomic E-state index is 0.438. The second-order valence-electron chi connectivity index (χ2n) is 4.70. The van der Waals surface area contributed by atoms with Crippen LogP contribution in [0.2, 0.25) is 0 Å². The van der Waals surface area contributed by atoms with Gasteiger partial charge < -0.3 is 5.32 Å². The van der Waals surface area contributed by atoms with E-state index in [0.29, 0.717) is 12.0 Å². The summed E-state index contributed by atoms with van der Waals surface area (Å²) in [6.45, 7) is 0. The molecule has 1 aliphatic rings. The van der Waals surface area contributed by atoms with E-state index in [9.17, 15) is 0 Å². The molecule has 1 N–H and O–H groups in total.